The molecule has 5 aromatic rings. The summed E-state index contributed by atoms with van der Waals surface area (Å²) in [4.78, 5) is 47.2. The molecule has 0 aromatic heterocycles. The molecule has 0 unspecified atom stereocenters. The largest absolute Gasteiger partial charge is 0.321 e. The molecule has 0 saturated carbocycles. The summed E-state index contributed by atoms with van der Waals surface area (Å²) in [7, 11) is 0. The Morgan fingerprint density at radius 1 is 0.525 bits per heavy atom. The maximum atomic E-state index is 13.2. The van der Waals surface area contributed by atoms with E-state index in [0.717, 1.165) is 29.0 Å². The Kier molecular flexibility index (Phi) is 6.97. The van der Waals surface area contributed by atoms with Crippen molar-refractivity contribution in [1.82, 2.24) is 0 Å². The molecule has 10 heteroatoms. The van der Waals surface area contributed by atoms with Crippen molar-refractivity contribution in [1.29, 1.82) is 0 Å². The minimum absolute atomic E-state index is 0.242. The molecule has 0 aliphatic heterocycles. The molecule has 40 heavy (non-hydrogen) atoms. The van der Waals surface area contributed by atoms with Gasteiger partial charge in [-0.15, -0.1) is 0 Å². The highest BCUT2D eigenvalue weighted by atomic mass is 16.6. The number of non-ortho nitro benzene ring substituents is 2. The van der Waals surface area contributed by atoms with E-state index >= 15 is 0 Å². The van der Waals surface area contributed by atoms with E-state index in [1.807, 2.05) is 30.3 Å². The molecule has 0 spiro atoms. The zero-order chi connectivity index (χ0) is 28.2. The van der Waals surface area contributed by atoms with Crippen molar-refractivity contribution in [2.45, 2.75) is 0 Å². The molecule has 5 rings (SSSR count). The van der Waals surface area contributed by atoms with Gasteiger partial charge in [-0.25, -0.2) is 0 Å². The van der Waals surface area contributed by atoms with Crippen LogP contribution < -0.4 is 10.6 Å². The summed E-state index contributed by atoms with van der Waals surface area (Å²) in [5, 5.41) is 30.1. The van der Waals surface area contributed by atoms with E-state index in [9.17, 15) is 29.8 Å². The van der Waals surface area contributed by atoms with Crippen LogP contribution in [0.1, 0.15) is 20.7 Å². The lowest BCUT2D eigenvalue weighted by Crippen LogP contribution is -2.14. The summed E-state index contributed by atoms with van der Waals surface area (Å²) in [5.41, 5.74) is 1.09. The number of fused-ring (bicyclic) bond motifs is 1. The second-order valence-corrected chi connectivity index (χ2v) is 8.81. The number of nitro groups is 2. The Labute approximate surface area is 227 Å². The minimum atomic E-state index is -0.799. The van der Waals surface area contributed by atoms with Crippen LogP contribution in [-0.2, 0) is 0 Å². The number of rotatable bonds is 7. The lowest BCUT2D eigenvalue weighted by Gasteiger charge is -2.16. The second kappa shape index (κ2) is 10.8. The van der Waals surface area contributed by atoms with Crippen LogP contribution in [0.15, 0.2) is 109 Å². The molecule has 0 aliphatic rings. The topological polar surface area (TPSA) is 144 Å². The van der Waals surface area contributed by atoms with Gasteiger partial charge in [-0.05, 0) is 35.0 Å². The molecule has 196 valence electrons. The summed E-state index contributed by atoms with van der Waals surface area (Å²) in [6.07, 6.45) is 0. The number of nitro benzene ring substituents is 2. The summed E-state index contributed by atoms with van der Waals surface area (Å²) in [6, 6.07) is 29.7. The van der Waals surface area contributed by atoms with Crippen molar-refractivity contribution in [3.63, 3.8) is 0 Å². The van der Waals surface area contributed by atoms with Crippen LogP contribution in [0.4, 0.5) is 22.7 Å². The van der Waals surface area contributed by atoms with Crippen molar-refractivity contribution < 1.29 is 19.4 Å². The van der Waals surface area contributed by atoms with Crippen molar-refractivity contribution in [3.05, 3.63) is 141 Å². The first-order valence-electron chi connectivity index (χ1n) is 12.0. The minimum Gasteiger partial charge on any atom is -0.321 e. The smallest absolute Gasteiger partial charge is 0.277 e. The molecule has 0 saturated heterocycles. The molecule has 0 atom stereocenters. The third-order valence-electron chi connectivity index (χ3n) is 6.24. The monoisotopic (exact) mass is 532 g/mol. The number of para-hydroxylation sites is 2. The fourth-order valence-corrected chi connectivity index (χ4v) is 4.31. The zero-order valence-electron chi connectivity index (χ0n) is 20.7. The van der Waals surface area contributed by atoms with E-state index in [-0.39, 0.29) is 11.5 Å². The first-order valence-corrected chi connectivity index (χ1v) is 12.0. The number of hydrogen-bond donors (Lipinski definition) is 2. The van der Waals surface area contributed by atoms with Crippen molar-refractivity contribution in [2.75, 3.05) is 10.6 Å². The Hall–Kier alpha value is -5.90. The predicted octanol–water partition coefficient (Wildman–Crippen LogP) is 6.83. The van der Waals surface area contributed by atoms with Crippen LogP contribution in [0.3, 0.4) is 0 Å². The number of nitrogens with one attached hydrogen (secondary N) is 2. The van der Waals surface area contributed by atoms with E-state index < -0.39 is 27.1 Å². The average Bonchev–Trinajstić information content (AvgIpc) is 2.97. The van der Waals surface area contributed by atoms with Crippen molar-refractivity contribution >= 4 is 45.3 Å². The molecule has 5 aromatic carbocycles. The molecule has 0 fully saturated rings. The highest BCUT2D eigenvalue weighted by molar-refractivity contribution is 6.10. The lowest BCUT2D eigenvalue weighted by molar-refractivity contribution is -0.394. The quantitative estimate of drug-likeness (QED) is 0.174. The van der Waals surface area contributed by atoms with Gasteiger partial charge in [0.1, 0.15) is 0 Å². The van der Waals surface area contributed by atoms with Crippen LogP contribution in [0, 0.1) is 20.2 Å². The number of carbonyl (C=O) groups excluding carboxylic acids is 2. The first-order chi connectivity index (χ1) is 19.3. The van der Waals surface area contributed by atoms with Crippen molar-refractivity contribution in [3.8, 4) is 11.1 Å². The number of carbonyl (C=O) groups is 2. The van der Waals surface area contributed by atoms with Gasteiger partial charge in [0.05, 0.1) is 21.5 Å². The van der Waals surface area contributed by atoms with Gasteiger partial charge in [-0.2, -0.15) is 0 Å². The Balaban J connectivity index is 1.46. The van der Waals surface area contributed by atoms with Crippen LogP contribution in [0.2, 0.25) is 0 Å². The molecule has 0 bridgehead atoms. The molecule has 0 heterocycles. The molecule has 0 radical (unpaired) electrons. The van der Waals surface area contributed by atoms with Gasteiger partial charge in [0.25, 0.3) is 23.2 Å². The van der Waals surface area contributed by atoms with E-state index in [1.54, 1.807) is 60.7 Å². The number of anilines is 2. The van der Waals surface area contributed by atoms with Gasteiger partial charge in [0.15, 0.2) is 0 Å². The van der Waals surface area contributed by atoms with E-state index in [0.29, 0.717) is 28.1 Å². The van der Waals surface area contributed by atoms with Gasteiger partial charge < -0.3 is 10.6 Å². The molecule has 10 nitrogen and oxygen atoms in total. The third-order valence-corrected chi connectivity index (χ3v) is 6.24. The first kappa shape index (κ1) is 25.7. The summed E-state index contributed by atoms with van der Waals surface area (Å²) < 4.78 is 0. The average molecular weight is 533 g/mol. The summed E-state index contributed by atoms with van der Waals surface area (Å²) in [6.45, 7) is 0. The van der Waals surface area contributed by atoms with Crippen LogP contribution >= 0.6 is 0 Å². The normalized spacial score (nSPS) is 10.6. The molecular formula is C30H20N4O6. The Morgan fingerprint density at radius 3 is 1.55 bits per heavy atom. The van der Waals surface area contributed by atoms with E-state index in [4.69, 9.17) is 0 Å². The number of amides is 2. The number of benzene rings is 5. The molecule has 0 aliphatic carbocycles. The van der Waals surface area contributed by atoms with Crippen LogP contribution in [0.5, 0.6) is 0 Å². The third kappa shape index (κ3) is 5.36. The maximum Gasteiger partial charge on any atom is 0.277 e. The van der Waals surface area contributed by atoms with E-state index in [1.165, 1.54) is 0 Å². The highest BCUT2D eigenvalue weighted by Gasteiger charge is 2.21. The Morgan fingerprint density at radius 2 is 1.00 bits per heavy atom. The summed E-state index contributed by atoms with van der Waals surface area (Å²) in [5.74, 6) is -1.08. The predicted molar refractivity (Wildman–Crippen MR) is 151 cm³/mol. The number of hydrogen-bond acceptors (Lipinski definition) is 6. The lowest BCUT2D eigenvalue weighted by atomic mass is 10.0. The van der Waals surface area contributed by atoms with Gasteiger partial charge in [0.2, 0.25) is 0 Å². The van der Waals surface area contributed by atoms with Crippen LogP contribution in [0.25, 0.3) is 21.9 Å². The SMILES string of the molecule is O=C(Nc1ccccc1-c1ccccc1NC(=O)c1ccc2ccccc2c1)c1cc([N+](=O)[O-])cc([N+](=O)[O-])c1. The van der Waals surface area contributed by atoms with Crippen LogP contribution in [-0.4, -0.2) is 21.7 Å². The Bertz CT molecular complexity index is 1790. The van der Waals surface area contributed by atoms with E-state index in [2.05, 4.69) is 10.6 Å². The van der Waals surface area contributed by atoms with Gasteiger partial charge in [-0.1, -0.05) is 66.7 Å². The molecule has 2 N–H and O–H groups in total. The zero-order valence-corrected chi connectivity index (χ0v) is 20.7. The summed E-state index contributed by atoms with van der Waals surface area (Å²) >= 11 is 0. The standard InChI is InChI=1S/C30H20N4O6/c35-29(21-14-13-19-7-1-2-8-20(19)15-21)31-27-11-5-3-9-25(27)26-10-4-6-12-28(26)32-30(36)22-16-23(33(37)38)18-24(17-22)34(39)40/h1-18H,(H,31,35)(H,32,36). The molecule has 2 amide bonds. The second-order valence-electron chi connectivity index (χ2n) is 8.81. The van der Waals surface area contributed by atoms with Gasteiger partial charge in [0, 0.05) is 40.2 Å². The maximum absolute atomic E-state index is 13.2. The van der Waals surface area contributed by atoms with Gasteiger partial charge in [-0.3, -0.25) is 29.8 Å². The number of nitrogens with zero attached hydrogens (tertiary/aromatic N) is 2. The van der Waals surface area contributed by atoms with Crippen molar-refractivity contribution in [2.24, 2.45) is 0 Å². The highest BCUT2D eigenvalue weighted by Crippen LogP contribution is 2.34. The fraction of sp³-hybridized carbons (Fsp3) is 0. The fourth-order valence-electron chi connectivity index (χ4n) is 4.31. The molecular weight excluding hydrogens is 512 g/mol. The van der Waals surface area contributed by atoms with Gasteiger partial charge >= 0.3 is 0 Å².